The van der Waals surface area contributed by atoms with Gasteiger partial charge in [-0.15, -0.1) is 0 Å². The topological polar surface area (TPSA) is 3.24 Å². The summed E-state index contributed by atoms with van der Waals surface area (Å²) in [5.41, 5.74) is 14.4. The smallest absolute Gasteiger partial charge is 0.0467 e. The van der Waals surface area contributed by atoms with Crippen LogP contribution in [0.15, 0.2) is 206 Å². The second kappa shape index (κ2) is 13.5. The Balaban J connectivity index is 1.13. The summed E-state index contributed by atoms with van der Waals surface area (Å²) >= 11 is 0. The number of hydrogen-bond donors (Lipinski definition) is 0. The zero-order chi connectivity index (χ0) is 34.9. The third kappa shape index (κ3) is 6.04. The normalized spacial score (nSPS) is 11.2. The van der Waals surface area contributed by atoms with Crippen LogP contribution in [0.2, 0.25) is 0 Å². The van der Waals surface area contributed by atoms with Gasteiger partial charge in [0.05, 0.1) is 0 Å². The Morgan fingerprint density at radius 1 is 0.288 bits per heavy atom. The standard InChI is InChI=1S/C51H37N/c1-36-24-28-45(29-25-36)52(46-30-26-39(27-31-46)37-12-4-2-5-13-37)47-21-9-18-42(33-47)49-23-11-20-44-34-50-43(35-51(44)49)19-10-22-48(50)41-17-8-16-40(32-41)38-14-6-3-7-15-38/h2-35H,1H3. The fourth-order valence-corrected chi connectivity index (χ4v) is 7.44. The summed E-state index contributed by atoms with van der Waals surface area (Å²) in [6.07, 6.45) is 0. The van der Waals surface area contributed by atoms with Gasteiger partial charge in [-0.05, 0) is 128 Å². The van der Waals surface area contributed by atoms with Crippen molar-refractivity contribution < 1.29 is 0 Å². The minimum Gasteiger partial charge on any atom is -0.310 e. The highest BCUT2D eigenvalue weighted by Crippen LogP contribution is 2.40. The first-order valence-electron chi connectivity index (χ1n) is 17.9. The van der Waals surface area contributed by atoms with Crippen LogP contribution in [0.4, 0.5) is 17.1 Å². The highest BCUT2D eigenvalue weighted by Gasteiger charge is 2.15. The van der Waals surface area contributed by atoms with Crippen molar-refractivity contribution in [2.45, 2.75) is 6.92 Å². The molecule has 0 bridgehead atoms. The minimum absolute atomic E-state index is 1.12. The molecule has 0 unspecified atom stereocenters. The molecule has 246 valence electrons. The van der Waals surface area contributed by atoms with E-state index in [9.17, 15) is 0 Å². The first kappa shape index (κ1) is 31.3. The summed E-state index contributed by atoms with van der Waals surface area (Å²) in [5.74, 6) is 0. The molecule has 0 N–H and O–H groups in total. The van der Waals surface area contributed by atoms with Crippen molar-refractivity contribution in [3.8, 4) is 44.5 Å². The van der Waals surface area contributed by atoms with Crippen molar-refractivity contribution in [3.63, 3.8) is 0 Å². The van der Waals surface area contributed by atoms with Crippen molar-refractivity contribution >= 4 is 38.6 Å². The Bertz CT molecular complexity index is 2660. The summed E-state index contributed by atoms with van der Waals surface area (Å²) in [6.45, 7) is 2.14. The maximum atomic E-state index is 2.37. The molecule has 0 fully saturated rings. The van der Waals surface area contributed by atoms with E-state index in [2.05, 4.69) is 218 Å². The van der Waals surface area contributed by atoms with Gasteiger partial charge in [0.15, 0.2) is 0 Å². The van der Waals surface area contributed by atoms with Crippen LogP contribution >= 0.6 is 0 Å². The summed E-state index contributed by atoms with van der Waals surface area (Å²) < 4.78 is 0. The predicted molar refractivity (Wildman–Crippen MR) is 223 cm³/mol. The molecular formula is C51H37N. The first-order valence-corrected chi connectivity index (χ1v) is 17.9. The monoisotopic (exact) mass is 663 g/mol. The molecular weight excluding hydrogens is 627 g/mol. The Labute approximate surface area is 305 Å². The van der Waals surface area contributed by atoms with Crippen LogP contribution in [0.5, 0.6) is 0 Å². The SMILES string of the molecule is Cc1ccc(N(c2ccc(-c3ccccc3)cc2)c2cccc(-c3cccc4cc5c(-c6cccc(-c7ccccc7)c6)cccc5cc34)c2)cc1. The van der Waals surface area contributed by atoms with Crippen molar-refractivity contribution in [2.75, 3.05) is 4.90 Å². The maximum Gasteiger partial charge on any atom is 0.0467 e. The van der Waals surface area contributed by atoms with Gasteiger partial charge in [-0.25, -0.2) is 0 Å². The van der Waals surface area contributed by atoms with E-state index in [0.29, 0.717) is 0 Å². The number of hydrogen-bond acceptors (Lipinski definition) is 1. The van der Waals surface area contributed by atoms with Crippen LogP contribution in [0.1, 0.15) is 5.56 Å². The van der Waals surface area contributed by atoms with E-state index in [1.165, 1.54) is 71.6 Å². The first-order chi connectivity index (χ1) is 25.7. The van der Waals surface area contributed by atoms with Gasteiger partial charge in [0.25, 0.3) is 0 Å². The zero-order valence-corrected chi connectivity index (χ0v) is 29.1. The molecule has 52 heavy (non-hydrogen) atoms. The molecule has 1 nitrogen and oxygen atoms in total. The van der Waals surface area contributed by atoms with Gasteiger partial charge in [-0.1, -0.05) is 157 Å². The largest absolute Gasteiger partial charge is 0.310 e. The molecule has 0 aliphatic rings. The summed E-state index contributed by atoms with van der Waals surface area (Å²) in [5, 5.41) is 4.97. The third-order valence-electron chi connectivity index (χ3n) is 10.1. The number of rotatable bonds is 7. The second-order valence-electron chi connectivity index (χ2n) is 13.5. The second-order valence-corrected chi connectivity index (χ2v) is 13.5. The highest BCUT2D eigenvalue weighted by atomic mass is 15.1. The Morgan fingerprint density at radius 2 is 0.731 bits per heavy atom. The van der Waals surface area contributed by atoms with Gasteiger partial charge in [0.2, 0.25) is 0 Å². The summed E-state index contributed by atoms with van der Waals surface area (Å²) in [7, 11) is 0. The molecule has 0 amide bonds. The molecule has 1 heteroatoms. The lowest BCUT2D eigenvalue weighted by atomic mass is 9.91. The quantitative estimate of drug-likeness (QED) is 0.153. The Kier molecular flexibility index (Phi) is 8.15. The predicted octanol–water partition coefficient (Wildman–Crippen LogP) is 14.4. The van der Waals surface area contributed by atoms with Gasteiger partial charge in [-0.2, -0.15) is 0 Å². The number of fused-ring (bicyclic) bond motifs is 2. The number of nitrogens with zero attached hydrogens (tertiary/aromatic N) is 1. The van der Waals surface area contributed by atoms with E-state index in [1.807, 2.05) is 0 Å². The zero-order valence-electron chi connectivity index (χ0n) is 29.1. The summed E-state index contributed by atoms with van der Waals surface area (Å²) in [4.78, 5) is 2.36. The Morgan fingerprint density at radius 3 is 1.33 bits per heavy atom. The van der Waals surface area contributed by atoms with Gasteiger partial charge in [-0.3, -0.25) is 0 Å². The number of aryl methyl sites for hydroxylation is 1. The third-order valence-corrected chi connectivity index (χ3v) is 10.1. The van der Waals surface area contributed by atoms with E-state index in [0.717, 1.165) is 17.1 Å². The molecule has 0 radical (unpaired) electrons. The lowest BCUT2D eigenvalue weighted by molar-refractivity contribution is 1.28. The van der Waals surface area contributed by atoms with E-state index in [4.69, 9.17) is 0 Å². The van der Waals surface area contributed by atoms with Crippen LogP contribution in [0.3, 0.4) is 0 Å². The van der Waals surface area contributed by atoms with Crippen LogP contribution in [0, 0.1) is 6.92 Å². The van der Waals surface area contributed by atoms with Gasteiger partial charge >= 0.3 is 0 Å². The van der Waals surface area contributed by atoms with Gasteiger partial charge in [0.1, 0.15) is 0 Å². The fourth-order valence-electron chi connectivity index (χ4n) is 7.44. The fraction of sp³-hybridized carbons (Fsp3) is 0.0196. The molecule has 9 aromatic carbocycles. The van der Waals surface area contributed by atoms with Gasteiger partial charge < -0.3 is 4.90 Å². The number of anilines is 3. The van der Waals surface area contributed by atoms with Crippen molar-refractivity contribution in [2.24, 2.45) is 0 Å². The van der Waals surface area contributed by atoms with Crippen molar-refractivity contribution in [3.05, 3.63) is 212 Å². The number of benzene rings is 9. The molecule has 0 saturated carbocycles. The summed E-state index contributed by atoms with van der Waals surface area (Å²) in [6, 6.07) is 74.8. The van der Waals surface area contributed by atoms with Gasteiger partial charge in [0, 0.05) is 17.1 Å². The van der Waals surface area contributed by atoms with E-state index in [1.54, 1.807) is 0 Å². The molecule has 0 aliphatic heterocycles. The van der Waals surface area contributed by atoms with Crippen LogP contribution in [0.25, 0.3) is 66.1 Å². The van der Waals surface area contributed by atoms with E-state index < -0.39 is 0 Å². The van der Waals surface area contributed by atoms with Crippen LogP contribution < -0.4 is 4.90 Å². The molecule has 0 spiro atoms. The average molecular weight is 664 g/mol. The van der Waals surface area contributed by atoms with Crippen LogP contribution in [-0.4, -0.2) is 0 Å². The van der Waals surface area contributed by atoms with Crippen molar-refractivity contribution in [1.29, 1.82) is 0 Å². The molecule has 0 aromatic heterocycles. The van der Waals surface area contributed by atoms with E-state index in [-0.39, 0.29) is 0 Å². The molecule has 9 aromatic rings. The average Bonchev–Trinajstić information content (AvgIpc) is 3.21. The molecule has 0 saturated heterocycles. The minimum atomic E-state index is 1.12. The Hall–Kier alpha value is -6.70. The molecule has 0 aliphatic carbocycles. The van der Waals surface area contributed by atoms with Crippen molar-refractivity contribution in [1.82, 2.24) is 0 Å². The lowest BCUT2D eigenvalue weighted by Crippen LogP contribution is -2.10. The lowest BCUT2D eigenvalue weighted by Gasteiger charge is -2.26. The molecule has 0 atom stereocenters. The van der Waals surface area contributed by atoms with E-state index >= 15 is 0 Å². The molecule has 0 heterocycles. The molecule has 9 rings (SSSR count). The maximum absolute atomic E-state index is 2.37. The van der Waals surface area contributed by atoms with Crippen LogP contribution in [-0.2, 0) is 0 Å². The highest BCUT2D eigenvalue weighted by molar-refractivity contribution is 6.09.